The van der Waals surface area contributed by atoms with Crippen LogP contribution in [0.25, 0.3) is 0 Å². The quantitative estimate of drug-likeness (QED) is 0.252. The van der Waals surface area contributed by atoms with E-state index in [9.17, 15) is 0 Å². The smallest absolute Gasteiger partial charge is 0.256 e. The lowest BCUT2D eigenvalue weighted by Gasteiger charge is -1.93. The van der Waals surface area contributed by atoms with Gasteiger partial charge in [0.25, 0.3) is 5.22 Å². The topological polar surface area (TPSA) is 84.6 Å². The molecule has 0 unspecified atom stereocenters. The van der Waals surface area contributed by atoms with Gasteiger partial charge in [-0.1, -0.05) is 16.9 Å². The Morgan fingerprint density at radius 3 is 2.85 bits per heavy atom. The summed E-state index contributed by atoms with van der Waals surface area (Å²) in [5.74, 6) is 1.32. The van der Waals surface area contributed by atoms with Crippen molar-refractivity contribution in [1.29, 1.82) is 0 Å². The zero-order chi connectivity index (χ0) is 9.84. The van der Waals surface area contributed by atoms with Crippen molar-refractivity contribution in [2.75, 3.05) is 5.75 Å². The predicted octanol–water partition coefficient (Wildman–Crippen LogP) is 1.13. The number of oxazole rings is 1. The maximum absolute atomic E-state index is 8.27. The SMILES string of the molecule is Cc1nc(SCC(N)=NO)oc1C. The number of rotatable bonds is 3. The minimum Gasteiger partial charge on any atom is -0.437 e. The van der Waals surface area contributed by atoms with E-state index < -0.39 is 0 Å². The number of nitrogens with zero attached hydrogens (tertiary/aromatic N) is 2. The molecule has 0 saturated carbocycles. The number of thioether (sulfide) groups is 1. The van der Waals surface area contributed by atoms with Crippen molar-refractivity contribution in [3.05, 3.63) is 11.5 Å². The van der Waals surface area contributed by atoms with Gasteiger partial charge in [-0.3, -0.25) is 0 Å². The normalized spacial score (nSPS) is 12.0. The van der Waals surface area contributed by atoms with Crippen LogP contribution in [-0.2, 0) is 0 Å². The Morgan fingerprint density at radius 1 is 1.69 bits per heavy atom. The third-order valence-corrected chi connectivity index (χ3v) is 2.34. The molecule has 1 aromatic rings. The fraction of sp³-hybridized carbons (Fsp3) is 0.429. The predicted molar refractivity (Wildman–Crippen MR) is 50.1 cm³/mol. The van der Waals surface area contributed by atoms with Gasteiger partial charge in [-0.25, -0.2) is 4.98 Å². The van der Waals surface area contributed by atoms with Crippen molar-refractivity contribution in [3.8, 4) is 0 Å². The Balaban J connectivity index is 2.55. The molecule has 1 rings (SSSR count). The van der Waals surface area contributed by atoms with E-state index in [0.717, 1.165) is 11.5 Å². The Hall–Kier alpha value is -1.17. The van der Waals surface area contributed by atoms with Gasteiger partial charge in [0.05, 0.1) is 11.4 Å². The van der Waals surface area contributed by atoms with Crippen molar-refractivity contribution < 1.29 is 9.62 Å². The van der Waals surface area contributed by atoms with E-state index in [2.05, 4.69) is 10.1 Å². The van der Waals surface area contributed by atoms with Crippen LogP contribution in [0.2, 0.25) is 0 Å². The van der Waals surface area contributed by atoms with E-state index >= 15 is 0 Å². The maximum Gasteiger partial charge on any atom is 0.256 e. The number of hydrogen-bond acceptors (Lipinski definition) is 5. The molecule has 0 amide bonds. The summed E-state index contributed by atoms with van der Waals surface area (Å²) in [6.07, 6.45) is 0. The monoisotopic (exact) mass is 201 g/mol. The molecule has 0 fully saturated rings. The molecule has 0 radical (unpaired) electrons. The second-order valence-electron chi connectivity index (χ2n) is 2.50. The summed E-state index contributed by atoms with van der Waals surface area (Å²) in [7, 11) is 0. The molecule has 72 valence electrons. The molecule has 0 aliphatic carbocycles. The van der Waals surface area contributed by atoms with Crippen molar-refractivity contribution in [2.45, 2.75) is 19.1 Å². The number of oxime groups is 1. The van der Waals surface area contributed by atoms with Gasteiger partial charge in [0.15, 0.2) is 0 Å². The molecule has 0 aromatic carbocycles. The van der Waals surface area contributed by atoms with Crippen LogP contribution in [-0.4, -0.2) is 21.8 Å². The van der Waals surface area contributed by atoms with Crippen LogP contribution in [0.15, 0.2) is 14.8 Å². The molecule has 0 atom stereocenters. The molecule has 0 spiro atoms. The molecule has 0 aliphatic heterocycles. The van der Waals surface area contributed by atoms with E-state index in [1.807, 2.05) is 13.8 Å². The lowest BCUT2D eigenvalue weighted by Crippen LogP contribution is -2.14. The average molecular weight is 201 g/mol. The van der Waals surface area contributed by atoms with E-state index in [-0.39, 0.29) is 5.84 Å². The zero-order valence-electron chi connectivity index (χ0n) is 7.44. The minimum absolute atomic E-state index is 0.151. The van der Waals surface area contributed by atoms with Crippen molar-refractivity contribution in [3.63, 3.8) is 0 Å². The van der Waals surface area contributed by atoms with Crippen LogP contribution in [0.3, 0.4) is 0 Å². The minimum atomic E-state index is 0.151. The van der Waals surface area contributed by atoms with Crippen LogP contribution in [0.4, 0.5) is 0 Å². The van der Waals surface area contributed by atoms with Crippen LogP contribution in [0, 0.1) is 13.8 Å². The number of hydrogen-bond donors (Lipinski definition) is 2. The molecule has 0 aliphatic rings. The van der Waals surface area contributed by atoms with E-state index in [1.54, 1.807) is 0 Å². The number of aromatic nitrogens is 1. The number of aryl methyl sites for hydroxylation is 2. The van der Waals surface area contributed by atoms with Gasteiger partial charge in [-0.15, -0.1) is 0 Å². The first-order chi connectivity index (χ1) is 6.13. The van der Waals surface area contributed by atoms with Crippen LogP contribution < -0.4 is 5.73 Å². The highest BCUT2D eigenvalue weighted by Gasteiger charge is 2.06. The standard InChI is InChI=1S/C7H11N3O2S/c1-4-5(2)12-7(9-4)13-3-6(8)10-11/h11H,3H2,1-2H3,(H2,8,10). The Kier molecular flexibility index (Phi) is 3.18. The second-order valence-corrected chi connectivity index (χ2v) is 3.43. The average Bonchev–Trinajstić information content (AvgIpc) is 2.42. The lowest BCUT2D eigenvalue weighted by molar-refractivity contribution is 0.318. The zero-order valence-corrected chi connectivity index (χ0v) is 8.26. The first-order valence-corrected chi connectivity index (χ1v) is 4.65. The summed E-state index contributed by atoms with van der Waals surface area (Å²) in [4.78, 5) is 4.12. The fourth-order valence-electron chi connectivity index (χ4n) is 0.670. The maximum atomic E-state index is 8.27. The van der Waals surface area contributed by atoms with Gasteiger partial charge in [0, 0.05) is 0 Å². The highest BCUT2D eigenvalue weighted by Crippen LogP contribution is 2.19. The summed E-state index contributed by atoms with van der Waals surface area (Å²) in [5, 5.41) is 11.7. The van der Waals surface area contributed by atoms with Crippen LogP contribution in [0.5, 0.6) is 0 Å². The summed E-state index contributed by atoms with van der Waals surface area (Å²) in [6, 6.07) is 0. The van der Waals surface area contributed by atoms with E-state index in [4.69, 9.17) is 15.4 Å². The van der Waals surface area contributed by atoms with E-state index in [1.165, 1.54) is 11.8 Å². The molecule has 1 aromatic heterocycles. The van der Waals surface area contributed by atoms with Gasteiger partial charge < -0.3 is 15.4 Å². The second kappa shape index (κ2) is 4.18. The molecular weight excluding hydrogens is 190 g/mol. The van der Waals surface area contributed by atoms with Crippen molar-refractivity contribution in [2.24, 2.45) is 10.9 Å². The molecule has 6 heteroatoms. The third kappa shape index (κ3) is 2.66. The molecule has 3 N–H and O–H groups in total. The van der Waals surface area contributed by atoms with Gasteiger partial charge >= 0.3 is 0 Å². The molecule has 5 nitrogen and oxygen atoms in total. The summed E-state index contributed by atoms with van der Waals surface area (Å²) >= 11 is 1.29. The van der Waals surface area contributed by atoms with Gasteiger partial charge in [-0.05, 0) is 13.8 Å². The lowest BCUT2D eigenvalue weighted by atomic mass is 10.4. The Bertz CT molecular complexity index is 302. The van der Waals surface area contributed by atoms with E-state index in [0.29, 0.717) is 11.0 Å². The summed E-state index contributed by atoms with van der Waals surface area (Å²) in [5.41, 5.74) is 6.14. The Labute approximate surface area is 80.0 Å². The van der Waals surface area contributed by atoms with Gasteiger partial charge in [0.1, 0.15) is 11.6 Å². The van der Waals surface area contributed by atoms with Gasteiger partial charge in [-0.2, -0.15) is 0 Å². The molecule has 1 heterocycles. The summed E-state index contributed by atoms with van der Waals surface area (Å²) in [6.45, 7) is 3.71. The molecule has 13 heavy (non-hydrogen) atoms. The first kappa shape index (κ1) is 9.91. The number of amidine groups is 1. The molecule has 0 saturated heterocycles. The summed E-state index contributed by atoms with van der Waals surface area (Å²) < 4.78 is 5.27. The van der Waals surface area contributed by atoms with Crippen LogP contribution >= 0.6 is 11.8 Å². The Morgan fingerprint density at radius 2 is 2.38 bits per heavy atom. The van der Waals surface area contributed by atoms with Gasteiger partial charge in [0.2, 0.25) is 0 Å². The number of nitrogens with two attached hydrogens (primary N) is 1. The van der Waals surface area contributed by atoms with Crippen molar-refractivity contribution in [1.82, 2.24) is 4.98 Å². The third-order valence-electron chi connectivity index (χ3n) is 1.48. The first-order valence-electron chi connectivity index (χ1n) is 3.66. The largest absolute Gasteiger partial charge is 0.437 e. The fourth-order valence-corrected chi connectivity index (χ4v) is 1.38. The van der Waals surface area contributed by atoms with Crippen LogP contribution in [0.1, 0.15) is 11.5 Å². The highest BCUT2D eigenvalue weighted by molar-refractivity contribution is 7.99. The molecular formula is C7H11N3O2S. The highest BCUT2D eigenvalue weighted by atomic mass is 32.2. The molecule has 0 bridgehead atoms. The van der Waals surface area contributed by atoms with Crippen molar-refractivity contribution >= 4 is 17.6 Å².